The van der Waals surface area contributed by atoms with Crippen LogP contribution in [0, 0.1) is 0 Å². The summed E-state index contributed by atoms with van der Waals surface area (Å²) in [5, 5.41) is 3.66. The van der Waals surface area contributed by atoms with Gasteiger partial charge in [-0.25, -0.2) is 0 Å². The summed E-state index contributed by atoms with van der Waals surface area (Å²) >= 11 is 0. The Balaban J connectivity index is 1.57. The number of nitrogens with one attached hydrogen (secondary N) is 1. The van der Waals surface area contributed by atoms with E-state index in [9.17, 15) is 0 Å². The lowest BCUT2D eigenvalue weighted by molar-refractivity contribution is 0.665. The minimum atomic E-state index is 0.632. The van der Waals surface area contributed by atoms with E-state index in [0.717, 1.165) is 13.0 Å². The van der Waals surface area contributed by atoms with E-state index in [4.69, 9.17) is 0 Å². The highest BCUT2D eigenvalue weighted by atomic mass is 15.0. The maximum atomic E-state index is 4.43. The topological polar surface area (TPSA) is 24.9 Å². The third-order valence-corrected chi connectivity index (χ3v) is 3.89. The standard InChI is InChI=1S/C17H20N2/c1-2-16-14(9-6-10-18-16)12-19-17-11-15(17)13-7-4-3-5-8-13/h3-10,15,17,19H,2,11-12H2,1H3/t15?,17-/m0/s1. The molecular formula is C17H20N2. The molecule has 1 aliphatic rings. The summed E-state index contributed by atoms with van der Waals surface area (Å²) in [5.74, 6) is 0.697. The summed E-state index contributed by atoms with van der Waals surface area (Å²) in [7, 11) is 0. The monoisotopic (exact) mass is 252 g/mol. The van der Waals surface area contributed by atoms with E-state index in [2.05, 4.69) is 53.6 Å². The average Bonchev–Trinajstić information content (AvgIpc) is 3.26. The molecule has 0 spiro atoms. The molecule has 0 amide bonds. The second-order valence-corrected chi connectivity index (χ2v) is 5.20. The Bertz CT molecular complexity index is 536. The molecule has 1 unspecified atom stereocenters. The Morgan fingerprint density at radius 1 is 1.16 bits per heavy atom. The van der Waals surface area contributed by atoms with Crippen LogP contribution in [-0.4, -0.2) is 11.0 Å². The summed E-state index contributed by atoms with van der Waals surface area (Å²) in [6, 6.07) is 15.6. The molecule has 1 aromatic heterocycles. The van der Waals surface area contributed by atoms with Crippen molar-refractivity contribution in [3.8, 4) is 0 Å². The third kappa shape index (κ3) is 2.85. The van der Waals surface area contributed by atoms with E-state index in [1.807, 2.05) is 12.3 Å². The Hall–Kier alpha value is -1.67. The first-order valence-electron chi connectivity index (χ1n) is 7.09. The fourth-order valence-electron chi connectivity index (χ4n) is 2.68. The van der Waals surface area contributed by atoms with Crippen LogP contribution in [0.5, 0.6) is 0 Å². The number of hydrogen-bond donors (Lipinski definition) is 1. The zero-order chi connectivity index (χ0) is 13.1. The van der Waals surface area contributed by atoms with Gasteiger partial charge in [-0.3, -0.25) is 4.98 Å². The molecule has 1 aliphatic carbocycles. The number of pyridine rings is 1. The van der Waals surface area contributed by atoms with Crippen molar-refractivity contribution in [1.82, 2.24) is 10.3 Å². The molecule has 2 atom stereocenters. The highest BCUT2D eigenvalue weighted by Crippen LogP contribution is 2.40. The predicted molar refractivity (Wildman–Crippen MR) is 78.0 cm³/mol. The molecule has 1 fully saturated rings. The maximum Gasteiger partial charge on any atom is 0.0445 e. The lowest BCUT2D eigenvalue weighted by atomic mass is 10.1. The van der Waals surface area contributed by atoms with Gasteiger partial charge < -0.3 is 5.32 Å². The van der Waals surface area contributed by atoms with Crippen molar-refractivity contribution in [3.63, 3.8) is 0 Å². The molecule has 0 bridgehead atoms. The lowest BCUT2D eigenvalue weighted by Gasteiger charge is -2.08. The summed E-state index contributed by atoms with van der Waals surface area (Å²) < 4.78 is 0. The quantitative estimate of drug-likeness (QED) is 0.883. The van der Waals surface area contributed by atoms with E-state index in [1.165, 1.54) is 23.2 Å². The summed E-state index contributed by atoms with van der Waals surface area (Å²) in [5.41, 5.74) is 4.01. The Morgan fingerprint density at radius 2 is 2.00 bits per heavy atom. The van der Waals surface area contributed by atoms with Gasteiger partial charge in [-0.05, 0) is 30.0 Å². The fourth-order valence-corrected chi connectivity index (χ4v) is 2.68. The van der Waals surface area contributed by atoms with Crippen molar-refractivity contribution in [2.45, 2.75) is 38.3 Å². The average molecular weight is 252 g/mol. The largest absolute Gasteiger partial charge is 0.309 e. The molecule has 3 rings (SSSR count). The van der Waals surface area contributed by atoms with Crippen LogP contribution < -0.4 is 5.32 Å². The molecule has 0 radical (unpaired) electrons. The Morgan fingerprint density at radius 3 is 2.79 bits per heavy atom. The second-order valence-electron chi connectivity index (χ2n) is 5.20. The van der Waals surface area contributed by atoms with Crippen LogP contribution in [0.1, 0.15) is 36.1 Å². The molecule has 2 heteroatoms. The van der Waals surface area contributed by atoms with Crippen molar-refractivity contribution in [2.75, 3.05) is 0 Å². The van der Waals surface area contributed by atoms with E-state index in [0.29, 0.717) is 12.0 Å². The van der Waals surface area contributed by atoms with Crippen LogP contribution in [0.2, 0.25) is 0 Å². The zero-order valence-electron chi connectivity index (χ0n) is 11.3. The van der Waals surface area contributed by atoms with Gasteiger partial charge in [0.1, 0.15) is 0 Å². The fraction of sp³-hybridized carbons (Fsp3) is 0.353. The van der Waals surface area contributed by atoms with Gasteiger partial charge in [0, 0.05) is 30.4 Å². The summed E-state index contributed by atoms with van der Waals surface area (Å²) in [6.07, 6.45) is 4.14. The third-order valence-electron chi connectivity index (χ3n) is 3.89. The molecule has 2 aromatic rings. The first kappa shape index (κ1) is 12.4. The number of nitrogens with zero attached hydrogens (tertiary/aromatic N) is 1. The van der Waals surface area contributed by atoms with E-state index in [-0.39, 0.29) is 0 Å². The van der Waals surface area contributed by atoms with E-state index >= 15 is 0 Å². The smallest absolute Gasteiger partial charge is 0.0445 e. The lowest BCUT2D eigenvalue weighted by Crippen LogP contribution is -2.18. The SMILES string of the molecule is CCc1ncccc1CN[C@H]1CC1c1ccccc1. The molecule has 1 heterocycles. The number of aryl methyl sites for hydroxylation is 1. The van der Waals surface area contributed by atoms with Gasteiger partial charge in [-0.2, -0.15) is 0 Å². The highest BCUT2D eigenvalue weighted by Gasteiger charge is 2.37. The minimum absolute atomic E-state index is 0.632. The van der Waals surface area contributed by atoms with E-state index < -0.39 is 0 Å². The van der Waals surface area contributed by atoms with Gasteiger partial charge in [-0.15, -0.1) is 0 Å². The molecular weight excluding hydrogens is 232 g/mol. The van der Waals surface area contributed by atoms with Gasteiger partial charge in [0.05, 0.1) is 0 Å². The first-order chi connectivity index (χ1) is 9.38. The van der Waals surface area contributed by atoms with Crippen LogP contribution in [0.4, 0.5) is 0 Å². The Kier molecular flexibility index (Phi) is 3.60. The number of rotatable bonds is 5. The first-order valence-corrected chi connectivity index (χ1v) is 7.09. The molecule has 19 heavy (non-hydrogen) atoms. The predicted octanol–water partition coefficient (Wildman–Crippen LogP) is 3.29. The molecule has 1 aromatic carbocycles. The zero-order valence-corrected chi connectivity index (χ0v) is 11.3. The van der Waals surface area contributed by atoms with Gasteiger partial charge in [0.15, 0.2) is 0 Å². The van der Waals surface area contributed by atoms with Crippen molar-refractivity contribution >= 4 is 0 Å². The van der Waals surface area contributed by atoms with Crippen LogP contribution in [-0.2, 0) is 13.0 Å². The molecule has 2 nitrogen and oxygen atoms in total. The van der Waals surface area contributed by atoms with Crippen molar-refractivity contribution in [2.24, 2.45) is 0 Å². The number of benzene rings is 1. The number of hydrogen-bond acceptors (Lipinski definition) is 2. The van der Waals surface area contributed by atoms with Gasteiger partial charge >= 0.3 is 0 Å². The second kappa shape index (κ2) is 5.54. The van der Waals surface area contributed by atoms with Crippen LogP contribution in [0.15, 0.2) is 48.7 Å². The van der Waals surface area contributed by atoms with Crippen molar-refractivity contribution in [1.29, 1.82) is 0 Å². The van der Waals surface area contributed by atoms with Gasteiger partial charge in [-0.1, -0.05) is 43.3 Å². The van der Waals surface area contributed by atoms with Crippen LogP contribution >= 0.6 is 0 Å². The molecule has 98 valence electrons. The Labute approximate surface area is 114 Å². The van der Waals surface area contributed by atoms with E-state index in [1.54, 1.807) is 0 Å². The molecule has 1 saturated carbocycles. The number of aromatic nitrogens is 1. The van der Waals surface area contributed by atoms with Crippen LogP contribution in [0.25, 0.3) is 0 Å². The normalized spacial score (nSPS) is 21.3. The summed E-state index contributed by atoms with van der Waals surface area (Å²) in [4.78, 5) is 4.43. The minimum Gasteiger partial charge on any atom is -0.309 e. The van der Waals surface area contributed by atoms with Crippen LogP contribution in [0.3, 0.4) is 0 Å². The highest BCUT2D eigenvalue weighted by molar-refractivity contribution is 5.28. The van der Waals surface area contributed by atoms with Gasteiger partial charge in [0.2, 0.25) is 0 Å². The molecule has 0 saturated heterocycles. The summed E-state index contributed by atoms with van der Waals surface area (Å²) in [6.45, 7) is 3.10. The van der Waals surface area contributed by atoms with Crippen molar-refractivity contribution < 1.29 is 0 Å². The van der Waals surface area contributed by atoms with Crippen molar-refractivity contribution in [3.05, 3.63) is 65.5 Å². The molecule has 1 N–H and O–H groups in total. The molecule has 0 aliphatic heterocycles. The van der Waals surface area contributed by atoms with Gasteiger partial charge in [0.25, 0.3) is 0 Å². The maximum absolute atomic E-state index is 4.43.